The molecule has 1 N–H and O–H groups in total. The predicted octanol–water partition coefficient (Wildman–Crippen LogP) is 0.679. The molecule has 64 valence electrons. The molecule has 2 aromatic heterocycles. The Morgan fingerprint density at radius 2 is 2.38 bits per heavy atom. The number of nitrogens with zero attached hydrogens (tertiary/aromatic N) is 3. The van der Waals surface area contributed by atoms with E-state index in [0.29, 0.717) is 17.7 Å². The first kappa shape index (κ1) is 7.60. The van der Waals surface area contributed by atoms with E-state index in [1.54, 1.807) is 24.5 Å². The molecule has 0 radical (unpaired) electrons. The van der Waals surface area contributed by atoms with Crippen LogP contribution >= 0.6 is 0 Å². The number of H-pyrrole nitrogens is 1. The third-order valence-electron chi connectivity index (χ3n) is 1.61. The SMILES string of the molecule is O=Cc1cc(-c2cn[nH]n2)ccn1. The Balaban J connectivity index is 2.47. The Labute approximate surface area is 73.8 Å². The average molecular weight is 174 g/mol. The van der Waals surface area contributed by atoms with E-state index in [1.165, 1.54) is 0 Å². The second kappa shape index (κ2) is 3.14. The number of pyridine rings is 1. The first-order chi connectivity index (χ1) is 6.40. The quantitative estimate of drug-likeness (QED) is 0.679. The Morgan fingerprint density at radius 3 is 3.08 bits per heavy atom. The van der Waals surface area contributed by atoms with Crippen molar-refractivity contribution in [3.63, 3.8) is 0 Å². The minimum absolute atomic E-state index is 0.389. The van der Waals surface area contributed by atoms with Gasteiger partial charge in [0, 0.05) is 11.8 Å². The smallest absolute Gasteiger partial charge is 0.168 e. The van der Waals surface area contributed by atoms with Crippen molar-refractivity contribution < 1.29 is 4.79 Å². The lowest BCUT2D eigenvalue weighted by atomic mass is 10.2. The van der Waals surface area contributed by atoms with E-state index in [4.69, 9.17) is 0 Å². The minimum atomic E-state index is 0.389. The summed E-state index contributed by atoms with van der Waals surface area (Å²) >= 11 is 0. The summed E-state index contributed by atoms with van der Waals surface area (Å²) in [5, 5.41) is 10.0. The third kappa shape index (κ3) is 1.44. The van der Waals surface area contributed by atoms with Crippen molar-refractivity contribution in [3.05, 3.63) is 30.2 Å². The van der Waals surface area contributed by atoms with Gasteiger partial charge in [0.15, 0.2) is 6.29 Å². The maximum absolute atomic E-state index is 10.4. The number of aromatic amines is 1. The highest BCUT2D eigenvalue weighted by molar-refractivity contribution is 5.75. The van der Waals surface area contributed by atoms with Gasteiger partial charge < -0.3 is 0 Å². The molecular formula is C8H6N4O. The molecule has 0 unspecified atom stereocenters. The zero-order chi connectivity index (χ0) is 9.10. The van der Waals surface area contributed by atoms with Gasteiger partial charge in [0.2, 0.25) is 0 Å². The molecule has 0 aromatic carbocycles. The molecule has 0 spiro atoms. The lowest BCUT2D eigenvalue weighted by molar-refractivity contribution is 0.111. The number of carbonyl (C=O) groups excluding carboxylic acids is 1. The maximum atomic E-state index is 10.4. The number of rotatable bonds is 2. The summed E-state index contributed by atoms with van der Waals surface area (Å²) in [6, 6.07) is 3.43. The van der Waals surface area contributed by atoms with Gasteiger partial charge in [-0.1, -0.05) is 0 Å². The molecule has 2 heterocycles. The number of hydrogen-bond donors (Lipinski definition) is 1. The summed E-state index contributed by atoms with van der Waals surface area (Å²) in [5.74, 6) is 0. The van der Waals surface area contributed by atoms with Gasteiger partial charge >= 0.3 is 0 Å². The van der Waals surface area contributed by atoms with Gasteiger partial charge in [0.1, 0.15) is 11.4 Å². The molecule has 0 saturated carbocycles. The predicted molar refractivity (Wildman–Crippen MR) is 45.0 cm³/mol. The van der Waals surface area contributed by atoms with Crippen molar-refractivity contribution in [1.29, 1.82) is 0 Å². The standard InChI is InChI=1S/C8H6N4O/c13-5-7-3-6(1-2-9-7)8-4-10-12-11-8/h1-5H,(H,10,11,12). The van der Waals surface area contributed by atoms with Crippen LogP contribution in [0.25, 0.3) is 11.3 Å². The van der Waals surface area contributed by atoms with Crippen LogP contribution in [0.2, 0.25) is 0 Å². The van der Waals surface area contributed by atoms with Crippen LogP contribution in [0, 0.1) is 0 Å². The lowest BCUT2D eigenvalue weighted by Crippen LogP contribution is -1.87. The van der Waals surface area contributed by atoms with Crippen LogP contribution in [0.5, 0.6) is 0 Å². The lowest BCUT2D eigenvalue weighted by Gasteiger charge is -1.94. The van der Waals surface area contributed by atoms with Gasteiger partial charge in [-0.25, -0.2) is 0 Å². The van der Waals surface area contributed by atoms with Gasteiger partial charge in [-0.2, -0.15) is 15.4 Å². The highest BCUT2D eigenvalue weighted by Gasteiger charge is 2.01. The second-order valence-electron chi connectivity index (χ2n) is 2.44. The van der Waals surface area contributed by atoms with E-state index in [1.807, 2.05) is 0 Å². The maximum Gasteiger partial charge on any atom is 0.168 e. The van der Waals surface area contributed by atoms with E-state index < -0.39 is 0 Å². The Morgan fingerprint density at radius 1 is 1.46 bits per heavy atom. The fourth-order valence-electron chi connectivity index (χ4n) is 1.01. The summed E-state index contributed by atoms with van der Waals surface area (Å²) in [6.45, 7) is 0. The van der Waals surface area contributed by atoms with E-state index in [-0.39, 0.29) is 0 Å². The summed E-state index contributed by atoms with van der Waals surface area (Å²) in [7, 11) is 0. The summed E-state index contributed by atoms with van der Waals surface area (Å²) in [4.78, 5) is 14.3. The normalized spacial score (nSPS) is 9.85. The van der Waals surface area contributed by atoms with Crippen molar-refractivity contribution >= 4 is 6.29 Å². The molecule has 2 rings (SSSR count). The molecule has 5 nitrogen and oxygen atoms in total. The highest BCUT2D eigenvalue weighted by atomic mass is 16.1. The molecule has 0 saturated heterocycles. The van der Waals surface area contributed by atoms with Crippen molar-refractivity contribution in [2.75, 3.05) is 0 Å². The summed E-state index contributed by atoms with van der Waals surface area (Å²) in [5.41, 5.74) is 1.91. The molecule has 0 atom stereocenters. The van der Waals surface area contributed by atoms with Gasteiger partial charge in [-0.05, 0) is 12.1 Å². The second-order valence-corrected chi connectivity index (χ2v) is 2.44. The van der Waals surface area contributed by atoms with Crippen LogP contribution in [-0.4, -0.2) is 26.7 Å². The monoisotopic (exact) mass is 174 g/mol. The average Bonchev–Trinajstić information content (AvgIpc) is 2.71. The van der Waals surface area contributed by atoms with Crippen molar-refractivity contribution in [1.82, 2.24) is 20.4 Å². The van der Waals surface area contributed by atoms with Crippen LogP contribution in [0.3, 0.4) is 0 Å². The minimum Gasteiger partial charge on any atom is -0.296 e. The first-order valence-electron chi connectivity index (χ1n) is 3.67. The number of nitrogens with one attached hydrogen (secondary N) is 1. The first-order valence-corrected chi connectivity index (χ1v) is 3.67. The van der Waals surface area contributed by atoms with Crippen LogP contribution in [-0.2, 0) is 0 Å². The Kier molecular flexibility index (Phi) is 1.84. The fraction of sp³-hybridized carbons (Fsp3) is 0. The molecule has 0 aliphatic rings. The van der Waals surface area contributed by atoms with E-state index >= 15 is 0 Å². The zero-order valence-electron chi connectivity index (χ0n) is 6.64. The molecule has 2 aromatic rings. The zero-order valence-corrected chi connectivity index (χ0v) is 6.64. The van der Waals surface area contributed by atoms with Crippen molar-refractivity contribution in [2.24, 2.45) is 0 Å². The van der Waals surface area contributed by atoms with Gasteiger partial charge in [-0.3, -0.25) is 9.78 Å². The number of aldehydes is 1. The topological polar surface area (TPSA) is 71.5 Å². The number of carbonyl (C=O) groups is 1. The van der Waals surface area contributed by atoms with E-state index in [2.05, 4.69) is 20.4 Å². The van der Waals surface area contributed by atoms with E-state index in [9.17, 15) is 4.79 Å². The van der Waals surface area contributed by atoms with Crippen molar-refractivity contribution in [3.8, 4) is 11.3 Å². The number of hydrogen-bond acceptors (Lipinski definition) is 4. The highest BCUT2D eigenvalue weighted by Crippen LogP contribution is 2.13. The largest absolute Gasteiger partial charge is 0.296 e. The molecule has 0 aliphatic carbocycles. The Bertz CT molecular complexity index is 410. The molecule has 0 aliphatic heterocycles. The van der Waals surface area contributed by atoms with Crippen LogP contribution in [0.15, 0.2) is 24.5 Å². The third-order valence-corrected chi connectivity index (χ3v) is 1.61. The Hall–Kier alpha value is -2.04. The molecule has 13 heavy (non-hydrogen) atoms. The van der Waals surface area contributed by atoms with Gasteiger partial charge in [0.05, 0.1) is 6.20 Å². The van der Waals surface area contributed by atoms with Gasteiger partial charge in [0.25, 0.3) is 0 Å². The van der Waals surface area contributed by atoms with Gasteiger partial charge in [-0.15, -0.1) is 0 Å². The molecule has 0 amide bonds. The van der Waals surface area contributed by atoms with Crippen molar-refractivity contribution in [2.45, 2.75) is 0 Å². The molecular weight excluding hydrogens is 168 g/mol. The number of aromatic nitrogens is 4. The van der Waals surface area contributed by atoms with E-state index in [0.717, 1.165) is 5.56 Å². The van der Waals surface area contributed by atoms with Crippen LogP contribution in [0.1, 0.15) is 10.5 Å². The van der Waals surface area contributed by atoms with Crippen LogP contribution < -0.4 is 0 Å². The fourth-order valence-corrected chi connectivity index (χ4v) is 1.01. The molecule has 0 bridgehead atoms. The van der Waals surface area contributed by atoms with Crippen LogP contribution in [0.4, 0.5) is 0 Å². The summed E-state index contributed by atoms with van der Waals surface area (Å²) < 4.78 is 0. The molecule has 5 heteroatoms. The summed E-state index contributed by atoms with van der Waals surface area (Å²) in [6.07, 6.45) is 3.85. The molecule has 0 fully saturated rings.